The lowest BCUT2D eigenvalue weighted by atomic mass is 9.83. The molecule has 164 valence electrons. The molecule has 4 aromatic rings. The molecule has 3 heterocycles. The van der Waals surface area contributed by atoms with Gasteiger partial charge in [-0.1, -0.05) is 19.1 Å². The fraction of sp³-hybridized carbons (Fsp3) is 0.200. The second kappa shape index (κ2) is 8.04. The Morgan fingerprint density at radius 3 is 2.79 bits per heavy atom. The molecule has 0 fully saturated rings. The molecule has 1 aliphatic rings. The molecule has 0 radical (unpaired) electrons. The zero-order chi connectivity index (χ0) is 23.0. The van der Waals surface area contributed by atoms with Gasteiger partial charge in [-0.25, -0.2) is 15.0 Å². The van der Waals surface area contributed by atoms with E-state index in [-0.39, 0.29) is 6.61 Å². The Balaban J connectivity index is 1.51. The van der Waals surface area contributed by atoms with Crippen LogP contribution in [0.25, 0.3) is 22.6 Å². The lowest BCUT2D eigenvalue weighted by Gasteiger charge is -2.21. The Hall–Kier alpha value is -4.22. The second-order valence-corrected chi connectivity index (χ2v) is 8.49. The maximum absolute atomic E-state index is 9.96. The summed E-state index contributed by atoms with van der Waals surface area (Å²) in [6, 6.07) is 13.9. The number of hydrogen-bond acceptors (Lipinski definition) is 7. The van der Waals surface area contributed by atoms with Gasteiger partial charge >= 0.3 is 0 Å². The smallest absolute Gasteiger partial charge is 0.227 e. The number of anilines is 3. The number of aryl methyl sites for hydroxylation is 1. The lowest BCUT2D eigenvalue weighted by Crippen LogP contribution is -2.28. The van der Waals surface area contributed by atoms with Crippen LogP contribution in [0.4, 0.5) is 17.3 Å². The van der Waals surface area contributed by atoms with Crippen molar-refractivity contribution in [3.63, 3.8) is 0 Å². The third kappa shape index (κ3) is 3.69. The molecule has 1 aliphatic heterocycles. The topological polar surface area (TPSA) is 123 Å². The van der Waals surface area contributed by atoms with Crippen LogP contribution < -0.4 is 10.6 Å². The highest BCUT2D eigenvalue weighted by Crippen LogP contribution is 2.41. The number of imidazole rings is 1. The van der Waals surface area contributed by atoms with Crippen LogP contribution in [0.15, 0.2) is 55.0 Å². The minimum atomic E-state index is -0.450. The molecule has 2 aromatic heterocycles. The van der Waals surface area contributed by atoms with E-state index in [1.165, 1.54) is 0 Å². The molecule has 0 aliphatic carbocycles. The fourth-order valence-corrected chi connectivity index (χ4v) is 4.09. The van der Waals surface area contributed by atoms with Gasteiger partial charge in [0.05, 0.1) is 23.6 Å². The first kappa shape index (κ1) is 20.7. The molecule has 0 amide bonds. The standard InChI is InChI=1S/C25H23N7O/c1-15-3-4-16(23-27-7-8-28-23)11-21(15)32-24-29-6-5-20(31-24)17-9-18(12-26)22-19(10-17)25(2,14-33)13-30-22/h3-11,30,33H,13-14H2,1-2H3,(H,27,28)(H,29,31,32)/t25-/m1/s1. The zero-order valence-corrected chi connectivity index (χ0v) is 18.3. The van der Waals surface area contributed by atoms with Gasteiger partial charge in [0.1, 0.15) is 11.9 Å². The van der Waals surface area contributed by atoms with E-state index in [1.807, 2.05) is 50.2 Å². The van der Waals surface area contributed by atoms with E-state index in [1.54, 1.807) is 18.6 Å². The Bertz CT molecular complexity index is 1370. The van der Waals surface area contributed by atoms with Crippen molar-refractivity contribution in [2.75, 3.05) is 23.8 Å². The van der Waals surface area contributed by atoms with Crippen LogP contribution >= 0.6 is 0 Å². The molecule has 1 atom stereocenters. The predicted molar refractivity (Wildman–Crippen MR) is 127 cm³/mol. The molecule has 2 aromatic carbocycles. The third-order valence-corrected chi connectivity index (χ3v) is 6.12. The highest BCUT2D eigenvalue weighted by atomic mass is 16.3. The molecule has 0 bridgehead atoms. The van der Waals surface area contributed by atoms with E-state index in [0.717, 1.165) is 39.5 Å². The summed E-state index contributed by atoms with van der Waals surface area (Å²) < 4.78 is 0. The van der Waals surface area contributed by atoms with E-state index >= 15 is 0 Å². The summed E-state index contributed by atoms with van der Waals surface area (Å²) in [6.07, 6.45) is 5.20. The molecular formula is C25H23N7O. The summed E-state index contributed by atoms with van der Waals surface area (Å²) in [4.78, 5) is 16.5. The van der Waals surface area contributed by atoms with E-state index in [4.69, 9.17) is 4.98 Å². The number of aliphatic hydroxyl groups is 1. The van der Waals surface area contributed by atoms with Gasteiger partial charge in [-0.3, -0.25) is 0 Å². The van der Waals surface area contributed by atoms with E-state index in [0.29, 0.717) is 23.8 Å². The fourth-order valence-electron chi connectivity index (χ4n) is 4.09. The molecule has 8 heteroatoms. The highest BCUT2D eigenvalue weighted by Gasteiger charge is 2.35. The predicted octanol–water partition coefficient (Wildman–Crippen LogP) is 4.13. The molecule has 0 saturated heterocycles. The minimum Gasteiger partial charge on any atom is -0.395 e. The number of aromatic nitrogens is 4. The van der Waals surface area contributed by atoms with Gasteiger partial charge in [0.2, 0.25) is 5.95 Å². The molecule has 4 N–H and O–H groups in total. The quantitative estimate of drug-likeness (QED) is 0.370. The maximum Gasteiger partial charge on any atom is 0.227 e. The molecule has 0 saturated carbocycles. The molecule has 8 nitrogen and oxygen atoms in total. The van der Waals surface area contributed by atoms with Crippen molar-refractivity contribution in [1.82, 2.24) is 19.9 Å². The van der Waals surface area contributed by atoms with Crippen molar-refractivity contribution < 1.29 is 5.11 Å². The third-order valence-electron chi connectivity index (χ3n) is 6.12. The van der Waals surface area contributed by atoms with Gasteiger partial charge in [-0.05, 0) is 42.3 Å². The summed E-state index contributed by atoms with van der Waals surface area (Å²) in [5, 5.41) is 26.2. The summed E-state index contributed by atoms with van der Waals surface area (Å²) >= 11 is 0. The van der Waals surface area contributed by atoms with E-state index in [9.17, 15) is 10.4 Å². The Morgan fingerprint density at radius 1 is 1.15 bits per heavy atom. The molecule has 33 heavy (non-hydrogen) atoms. The first-order chi connectivity index (χ1) is 16.0. The second-order valence-electron chi connectivity index (χ2n) is 8.49. The number of hydrogen-bond donors (Lipinski definition) is 4. The summed E-state index contributed by atoms with van der Waals surface area (Å²) in [5.74, 6) is 1.24. The number of nitriles is 1. The van der Waals surface area contributed by atoms with E-state index < -0.39 is 5.41 Å². The molecular weight excluding hydrogens is 414 g/mol. The van der Waals surface area contributed by atoms with Gasteiger partial charge in [-0.15, -0.1) is 0 Å². The number of aromatic amines is 1. The maximum atomic E-state index is 9.96. The highest BCUT2D eigenvalue weighted by molar-refractivity contribution is 5.77. The first-order valence-corrected chi connectivity index (χ1v) is 10.6. The number of fused-ring (bicyclic) bond motifs is 1. The van der Waals surface area contributed by atoms with Crippen LogP contribution in [-0.2, 0) is 5.41 Å². The van der Waals surface area contributed by atoms with Gasteiger partial charge in [0.15, 0.2) is 0 Å². The van der Waals surface area contributed by atoms with Gasteiger partial charge in [0.25, 0.3) is 0 Å². The number of aliphatic hydroxyl groups excluding tert-OH is 1. The first-order valence-electron chi connectivity index (χ1n) is 10.6. The van der Waals surface area contributed by atoms with Crippen molar-refractivity contribution >= 4 is 17.3 Å². The summed E-state index contributed by atoms with van der Waals surface area (Å²) in [7, 11) is 0. The lowest BCUT2D eigenvalue weighted by molar-refractivity contribution is 0.219. The number of rotatable bonds is 5. The van der Waals surface area contributed by atoms with Crippen LogP contribution in [-0.4, -0.2) is 38.2 Å². The van der Waals surface area contributed by atoms with Gasteiger partial charge in [-0.2, -0.15) is 5.26 Å². The van der Waals surface area contributed by atoms with Crippen molar-refractivity contribution in [3.8, 4) is 28.7 Å². The van der Waals surface area contributed by atoms with Crippen LogP contribution in [0.2, 0.25) is 0 Å². The molecule has 0 unspecified atom stereocenters. The Morgan fingerprint density at radius 2 is 2.03 bits per heavy atom. The largest absolute Gasteiger partial charge is 0.395 e. The van der Waals surface area contributed by atoms with Crippen LogP contribution in [0.5, 0.6) is 0 Å². The van der Waals surface area contributed by atoms with Crippen molar-refractivity contribution in [2.24, 2.45) is 0 Å². The average Bonchev–Trinajstić information content (AvgIpc) is 3.49. The SMILES string of the molecule is Cc1ccc(-c2ncc[nH]2)cc1Nc1nccc(-c2cc(C#N)c3c(c2)[C@@](C)(CO)CN3)n1. The Labute approximate surface area is 191 Å². The van der Waals surface area contributed by atoms with Crippen LogP contribution in [0, 0.1) is 18.3 Å². The van der Waals surface area contributed by atoms with Crippen molar-refractivity contribution in [2.45, 2.75) is 19.3 Å². The Kier molecular flexibility index (Phi) is 5.04. The minimum absolute atomic E-state index is 0.0107. The number of H-pyrrole nitrogens is 1. The van der Waals surface area contributed by atoms with Crippen molar-refractivity contribution in [1.29, 1.82) is 5.26 Å². The van der Waals surface area contributed by atoms with Gasteiger partial charge < -0.3 is 20.7 Å². The normalized spacial score (nSPS) is 16.7. The molecule has 5 rings (SSSR count). The monoisotopic (exact) mass is 437 g/mol. The number of benzene rings is 2. The zero-order valence-electron chi connectivity index (χ0n) is 18.3. The van der Waals surface area contributed by atoms with Crippen LogP contribution in [0.1, 0.15) is 23.6 Å². The molecule has 0 spiro atoms. The summed E-state index contributed by atoms with van der Waals surface area (Å²) in [5.41, 5.74) is 6.18. The summed E-state index contributed by atoms with van der Waals surface area (Å²) in [6.45, 7) is 4.57. The van der Waals surface area contributed by atoms with Crippen molar-refractivity contribution in [3.05, 3.63) is 71.7 Å². The number of nitrogens with one attached hydrogen (secondary N) is 3. The van der Waals surface area contributed by atoms with Crippen LogP contribution in [0.3, 0.4) is 0 Å². The van der Waals surface area contributed by atoms with Gasteiger partial charge in [0, 0.05) is 47.4 Å². The number of nitrogens with zero attached hydrogens (tertiary/aromatic N) is 4. The average molecular weight is 438 g/mol. The van der Waals surface area contributed by atoms with E-state index in [2.05, 4.69) is 31.7 Å².